The second-order valence-corrected chi connectivity index (χ2v) is 4.91. The van der Waals surface area contributed by atoms with Crippen molar-refractivity contribution in [3.8, 4) is 11.1 Å². The summed E-state index contributed by atoms with van der Waals surface area (Å²) in [5, 5.41) is 10.1. The van der Waals surface area contributed by atoms with Crippen molar-refractivity contribution < 1.29 is 5.11 Å². The lowest BCUT2D eigenvalue weighted by molar-refractivity contribution is 0.133. The predicted octanol–water partition coefficient (Wildman–Crippen LogP) is 3.58. The number of hydrogen-bond acceptors (Lipinski definition) is 1. The SMILES string of the molecule is CC1Cc2ccc(-c3ccccc3)cc2C1O. The van der Waals surface area contributed by atoms with Crippen LogP contribution in [0.2, 0.25) is 0 Å². The van der Waals surface area contributed by atoms with Gasteiger partial charge in [0.1, 0.15) is 0 Å². The van der Waals surface area contributed by atoms with Crippen molar-refractivity contribution in [1.29, 1.82) is 0 Å². The van der Waals surface area contributed by atoms with E-state index < -0.39 is 0 Å². The molecule has 0 fully saturated rings. The van der Waals surface area contributed by atoms with Crippen molar-refractivity contribution >= 4 is 0 Å². The topological polar surface area (TPSA) is 20.2 Å². The lowest BCUT2D eigenvalue weighted by Crippen LogP contribution is -2.01. The van der Waals surface area contributed by atoms with Gasteiger partial charge in [-0.2, -0.15) is 0 Å². The molecule has 0 heterocycles. The number of hydrogen-bond donors (Lipinski definition) is 1. The average Bonchev–Trinajstić information content (AvgIpc) is 2.66. The number of benzene rings is 2. The highest BCUT2D eigenvalue weighted by Gasteiger charge is 2.27. The van der Waals surface area contributed by atoms with Gasteiger partial charge in [0.2, 0.25) is 0 Å². The van der Waals surface area contributed by atoms with Crippen molar-refractivity contribution in [2.75, 3.05) is 0 Å². The van der Waals surface area contributed by atoms with Gasteiger partial charge in [-0.05, 0) is 40.7 Å². The van der Waals surface area contributed by atoms with E-state index in [2.05, 4.69) is 37.3 Å². The molecule has 17 heavy (non-hydrogen) atoms. The second-order valence-electron chi connectivity index (χ2n) is 4.91. The average molecular weight is 224 g/mol. The molecule has 0 saturated carbocycles. The van der Waals surface area contributed by atoms with E-state index in [1.54, 1.807) is 0 Å². The molecule has 1 nitrogen and oxygen atoms in total. The Morgan fingerprint density at radius 1 is 1.00 bits per heavy atom. The first-order chi connectivity index (χ1) is 8.25. The molecule has 2 atom stereocenters. The summed E-state index contributed by atoms with van der Waals surface area (Å²) in [6, 6.07) is 16.8. The molecular formula is C16H16O. The molecular weight excluding hydrogens is 208 g/mol. The molecule has 0 aromatic heterocycles. The summed E-state index contributed by atoms with van der Waals surface area (Å²) >= 11 is 0. The van der Waals surface area contributed by atoms with Crippen LogP contribution < -0.4 is 0 Å². The third-order valence-electron chi connectivity index (χ3n) is 3.65. The van der Waals surface area contributed by atoms with E-state index in [0.717, 1.165) is 12.0 Å². The summed E-state index contributed by atoms with van der Waals surface area (Å²) in [6.07, 6.45) is 0.694. The molecule has 3 rings (SSSR count). The van der Waals surface area contributed by atoms with Crippen LogP contribution >= 0.6 is 0 Å². The van der Waals surface area contributed by atoms with Gasteiger partial charge in [0.05, 0.1) is 6.10 Å². The normalized spacial score (nSPS) is 22.5. The lowest BCUT2D eigenvalue weighted by Gasteiger charge is -2.10. The summed E-state index contributed by atoms with van der Waals surface area (Å²) in [4.78, 5) is 0. The van der Waals surface area contributed by atoms with Gasteiger partial charge < -0.3 is 5.11 Å². The number of fused-ring (bicyclic) bond motifs is 1. The fourth-order valence-corrected chi connectivity index (χ4v) is 2.63. The summed E-state index contributed by atoms with van der Waals surface area (Å²) in [7, 11) is 0. The van der Waals surface area contributed by atoms with Crippen molar-refractivity contribution in [1.82, 2.24) is 0 Å². The number of rotatable bonds is 1. The van der Waals surface area contributed by atoms with E-state index in [4.69, 9.17) is 0 Å². The quantitative estimate of drug-likeness (QED) is 0.785. The molecule has 0 bridgehead atoms. The van der Waals surface area contributed by atoms with Crippen LogP contribution in [0.4, 0.5) is 0 Å². The lowest BCUT2D eigenvalue weighted by atomic mass is 10.00. The maximum Gasteiger partial charge on any atom is 0.0821 e. The Kier molecular flexibility index (Phi) is 2.49. The second kappa shape index (κ2) is 4.01. The maximum atomic E-state index is 10.1. The monoisotopic (exact) mass is 224 g/mol. The van der Waals surface area contributed by atoms with Gasteiger partial charge in [0.25, 0.3) is 0 Å². The van der Waals surface area contributed by atoms with E-state index >= 15 is 0 Å². The van der Waals surface area contributed by atoms with Crippen LogP contribution in [0.3, 0.4) is 0 Å². The Bertz CT molecular complexity index is 530. The summed E-state index contributed by atoms with van der Waals surface area (Å²) in [5.74, 6) is 0.344. The molecule has 0 saturated heterocycles. The predicted molar refractivity (Wildman–Crippen MR) is 69.7 cm³/mol. The molecule has 86 valence electrons. The van der Waals surface area contributed by atoms with Gasteiger partial charge in [0, 0.05) is 0 Å². The highest BCUT2D eigenvalue weighted by molar-refractivity contribution is 5.65. The fraction of sp³-hybridized carbons (Fsp3) is 0.250. The van der Waals surface area contributed by atoms with Crippen molar-refractivity contribution in [3.63, 3.8) is 0 Å². The van der Waals surface area contributed by atoms with Crippen LogP contribution in [-0.2, 0) is 6.42 Å². The van der Waals surface area contributed by atoms with E-state index in [-0.39, 0.29) is 6.10 Å². The third kappa shape index (κ3) is 1.77. The van der Waals surface area contributed by atoms with Crippen LogP contribution in [-0.4, -0.2) is 5.11 Å². The Labute approximate surface area is 102 Å². The maximum absolute atomic E-state index is 10.1. The van der Waals surface area contributed by atoms with E-state index in [9.17, 15) is 5.11 Å². The van der Waals surface area contributed by atoms with Crippen LogP contribution in [0.5, 0.6) is 0 Å². The van der Waals surface area contributed by atoms with E-state index in [1.807, 2.05) is 18.2 Å². The molecule has 1 aliphatic carbocycles. The Morgan fingerprint density at radius 2 is 1.76 bits per heavy atom. The molecule has 2 unspecified atom stereocenters. The Morgan fingerprint density at radius 3 is 2.53 bits per heavy atom. The molecule has 1 aliphatic rings. The van der Waals surface area contributed by atoms with Crippen LogP contribution in [0.25, 0.3) is 11.1 Å². The molecule has 0 radical (unpaired) electrons. The highest BCUT2D eigenvalue weighted by Crippen LogP contribution is 2.37. The zero-order chi connectivity index (χ0) is 11.8. The van der Waals surface area contributed by atoms with Gasteiger partial charge in [-0.25, -0.2) is 0 Å². The number of aliphatic hydroxyl groups excluding tert-OH is 1. The van der Waals surface area contributed by atoms with Gasteiger partial charge in [-0.15, -0.1) is 0 Å². The molecule has 0 spiro atoms. The minimum atomic E-state index is -0.298. The highest BCUT2D eigenvalue weighted by atomic mass is 16.3. The first-order valence-electron chi connectivity index (χ1n) is 6.12. The van der Waals surface area contributed by atoms with Crippen molar-refractivity contribution in [2.45, 2.75) is 19.4 Å². The third-order valence-corrected chi connectivity index (χ3v) is 3.65. The van der Waals surface area contributed by atoms with Crippen molar-refractivity contribution in [3.05, 3.63) is 59.7 Å². The summed E-state index contributed by atoms with van der Waals surface area (Å²) < 4.78 is 0. The van der Waals surface area contributed by atoms with Gasteiger partial charge in [-0.1, -0.05) is 49.4 Å². The zero-order valence-electron chi connectivity index (χ0n) is 9.93. The molecule has 0 amide bonds. The van der Waals surface area contributed by atoms with Gasteiger partial charge in [-0.3, -0.25) is 0 Å². The molecule has 2 aromatic rings. The largest absolute Gasteiger partial charge is 0.388 e. The smallest absolute Gasteiger partial charge is 0.0821 e. The van der Waals surface area contributed by atoms with Crippen LogP contribution in [0, 0.1) is 5.92 Å². The Balaban J connectivity index is 2.06. The number of aliphatic hydroxyl groups is 1. The molecule has 2 aromatic carbocycles. The van der Waals surface area contributed by atoms with Gasteiger partial charge in [0.15, 0.2) is 0 Å². The standard InChI is InChI=1S/C16H16O/c1-11-9-14-8-7-13(10-15(14)16(11)17)12-5-3-2-4-6-12/h2-8,10-11,16-17H,9H2,1H3. The zero-order valence-corrected chi connectivity index (χ0v) is 9.93. The first-order valence-corrected chi connectivity index (χ1v) is 6.12. The molecule has 1 N–H and O–H groups in total. The van der Waals surface area contributed by atoms with Gasteiger partial charge >= 0.3 is 0 Å². The fourth-order valence-electron chi connectivity index (χ4n) is 2.63. The summed E-state index contributed by atoms with van der Waals surface area (Å²) in [6.45, 7) is 2.10. The van der Waals surface area contributed by atoms with E-state index in [1.165, 1.54) is 16.7 Å². The van der Waals surface area contributed by atoms with Crippen molar-refractivity contribution in [2.24, 2.45) is 5.92 Å². The molecule has 1 heteroatoms. The van der Waals surface area contributed by atoms with Crippen LogP contribution in [0.1, 0.15) is 24.2 Å². The Hall–Kier alpha value is -1.60. The van der Waals surface area contributed by atoms with Crippen LogP contribution in [0.15, 0.2) is 48.5 Å². The molecule has 0 aliphatic heterocycles. The minimum absolute atomic E-state index is 0.298. The summed E-state index contributed by atoms with van der Waals surface area (Å²) in [5.41, 5.74) is 4.81. The first kappa shape index (κ1) is 10.5. The van der Waals surface area contributed by atoms with E-state index in [0.29, 0.717) is 5.92 Å². The minimum Gasteiger partial charge on any atom is -0.388 e.